The van der Waals surface area contributed by atoms with Crippen LogP contribution in [0.1, 0.15) is 24.1 Å². The predicted octanol–water partition coefficient (Wildman–Crippen LogP) is 3.22. The Bertz CT molecular complexity index is 563. The summed E-state index contributed by atoms with van der Waals surface area (Å²) in [4.78, 5) is 0. The highest BCUT2D eigenvalue weighted by atomic mass is 79.9. The van der Waals surface area contributed by atoms with Crippen LogP contribution in [0.25, 0.3) is 0 Å². The highest BCUT2D eigenvalue weighted by Gasteiger charge is 2.23. The van der Waals surface area contributed by atoms with Crippen LogP contribution in [0.3, 0.4) is 0 Å². The molecule has 0 spiro atoms. The molecule has 0 saturated carbocycles. The molecule has 1 unspecified atom stereocenters. The number of halogens is 3. The first-order valence-corrected chi connectivity index (χ1v) is 6.57. The van der Waals surface area contributed by atoms with Gasteiger partial charge in [-0.05, 0) is 46.2 Å². The lowest BCUT2D eigenvalue weighted by molar-refractivity contribution is 0.506. The highest BCUT2D eigenvalue weighted by molar-refractivity contribution is 9.10. The molecule has 0 aliphatic rings. The van der Waals surface area contributed by atoms with E-state index in [1.165, 1.54) is 24.5 Å². The zero-order chi connectivity index (χ0) is 13.8. The lowest BCUT2D eigenvalue weighted by Crippen LogP contribution is -2.24. The number of aromatic nitrogens is 2. The van der Waals surface area contributed by atoms with Crippen molar-refractivity contribution in [3.05, 3.63) is 57.8 Å². The third-order valence-corrected chi connectivity index (χ3v) is 3.33. The van der Waals surface area contributed by atoms with Crippen LogP contribution in [0.5, 0.6) is 0 Å². The third-order valence-electron chi connectivity index (χ3n) is 2.72. The quantitative estimate of drug-likeness (QED) is 0.876. The molecule has 1 aromatic carbocycles. The fourth-order valence-corrected chi connectivity index (χ4v) is 2.22. The number of hydrogen-bond acceptors (Lipinski definition) is 3. The molecule has 3 nitrogen and oxygen atoms in total. The fourth-order valence-electron chi connectivity index (χ4n) is 1.87. The van der Waals surface area contributed by atoms with Gasteiger partial charge >= 0.3 is 0 Å². The van der Waals surface area contributed by atoms with Gasteiger partial charge in [0, 0.05) is 11.8 Å². The maximum absolute atomic E-state index is 14.2. The van der Waals surface area contributed by atoms with Crippen molar-refractivity contribution in [2.75, 3.05) is 6.54 Å². The normalized spacial score (nSPS) is 12.4. The minimum atomic E-state index is -0.609. The molecule has 0 saturated heterocycles. The van der Waals surface area contributed by atoms with Crippen LogP contribution in [0.2, 0.25) is 0 Å². The van der Waals surface area contributed by atoms with Crippen molar-refractivity contribution in [2.24, 2.45) is 0 Å². The summed E-state index contributed by atoms with van der Waals surface area (Å²) in [7, 11) is 0. The second-order valence-corrected chi connectivity index (χ2v) is 4.78. The Labute approximate surface area is 118 Å². The first kappa shape index (κ1) is 14.0. The Balaban J connectivity index is 2.54. The SMILES string of the molecule is CCNC(c1ccnnc1)c1c(F)ccc(Br)c1F. The summed E-state index contributed by atoms with van der Waals surface area (Å²) in [6.07, 6.45) is 2.99. The van der Waals surface area contributed by atoms with E-state index in [-0.39, 0.29) is 10.0 Å². The Morgan fingerprint density at radius 2 is 2.05 bits per heavy atom. The lowest BCUT2D eigenvalue weighted by atomic mass is 9.99. The van der Waals surface area contributed by atoms with Gasteiger partial charge in [-0.1, -0.05) is 6.92 Å². The van der Waals surface area contributed by atoms with Gasteiger partial charge in [0.25, 0.3) is 0 Å². The first-order chi connectivity index (χ1) is 9.15. The van der Waals surface area contributed by atoms with Crippen molar-refractivity contribution in [3.63, 3.8) is 0 Å². The summed E-state index contributed by atoms with van der Waals surface area (Å²) in [5.41, 5.74) is 0.636. The van der Waals surface area contributed by atoms with Gasteiger partial charge in [0.05, 0.1) is 16.7 Å². The molecule has 0 aliphatic carbocycles. The molecule has 0 fully saturated rings. The lowest BCUT2D eigenvalue weighted by Gasteiger charge is -2.20. The van der Waals surface area contributed by atoms with Crippen LogP contribution in [0, 0.1) is 11.6 Å². The summed E-state index contributed by atoms with van der Waals surface area (Å²) < 4.78 is 28.3. The van der Waals surface area contributed by atoms with E-state index in [4.69, 9.17) is 0 Å². The molecule has 1 heterocycles. The van der Waals surface area contributed by atoms with Crippen LogP contribution < -0.4 is 5.32 Å². The number of benzene rings is 1. The van der Waals surface area contributed by atoms with Gasteiger partial charge in [-0.15, -0.1) is 0 Å². The molecule has 0 radical (unpaired) electrons. The van der Waals surface area contributed by atoms with E-state index < -0.39 is 17.7 Å². The molecular formula is C13H12BrF2N3. The molecule has 2 aromatic rings. The van der Waals surface area contributed by atoms with Crippen LogP contribution >= 0.6 is 15.9 Å². The second kappa shape index (κ2) is 6.16. The smallest absolute Gasteiger partial charge is 0.145 e. The van der Waals surface area contributed by atoms with Crippen molar-refractivity contribution in [3.8, 4) is 0 Å². The van der Waals surface area contributed by atoms with Crippen molar-refractivity contribution < 1.29 is 8.78 Å². The Morgan fingerprint density at radius 3 is 2.68 bits per heavy atom. The summed E-state index contributed by atoms with van der Waals surface area (Å²) in [5, 5.41) is 10.5. The molecule has 1 atom stereocenters. The molecular weight excluding hydrogens is 316 g/mol. The topological polar surface area (TPSA) is 37.8 Å². The minimum Gasteiger partial charge on any atom is -0.306 e. The maximum atomic E-state index is 14.2. The van der Waals surface area contributed by atoms with Gasteiger partial charge in [-0.3, -0.25) is 0 Å². The third kappa shape index (κ3) is 2.96. The molecule has 6 heteroatoms. The highest BCUT2D eigenvalue weighted by Crippen LogP contribution is 2.30. The van der Waals surface area contributed by atoms with Crippen molar-refractivity contribution in [1.82, 2.24) is 15.5 Å². The van der Waals surface area contributed by atoms with Crippen molar-refractivity contribution in [2.45, 2.75) is 13.0 Å². The summed E-state index contributed by atoms with van der Waals surface area (Å²) >= 11 is 3.07. The Morgan fingerprint density at radius 1 is 1.26 bits per heavy atom. The maximum Gasteiger partial charge on any atom is 0.145 e. The zero-order valence-corrected chi connectivity index (χ0v) is 11.8. The van der Waals surface area contributed by atoms with E-state index in [0.717, 1.165) is 0 Å². The number of nitrogens with one attached hydrogen (secondary N) is 1. The van der Waals surface area contributed by atoms with Crippen molar-refractivity contribution in [1.29, 1.82) is 0 Å². The Kier molecular flexibility index (Phi) is 4.55. The number of rotatable bonds is 4. The summed E-state index contributed by atoms with van der Waals surface area (Å²) in [6.45, 7) is 2.44. The average molecular weight is 328 g/mol. The van der Waals surface area contributed by atoms with Crippen molar-refractivity contribution >= 4 is 15.9 Å². The molecule has 1 aromatic heterocycles. The summed E-state index contributed by atoms with van der Waals surface area (Å²) in [6, 6.07) is 3.67. The van der Waals surface area contributed by atoms with E-state index in [1.54, 1.807) is 6.07 Å². The van der Waals surface area contributed by atoms with Gasteiger partial charge in [0.1, 0.15) is 11.6 Å². The minimum absolute atomic E-state index is 0.0239. The van der Waals surface area contributed by atoms with E-state index in [9.17, 15) is 8.78 Å². The average Bonchev–Trinajstić information content (AvgIpc) is 2.43. The van der Waals surface area contributed by atoms with Gasteiger partial charge in [-0.25, -0.2) is 8.78 Å². The van der Waals surface area contributed by atoms with E-state index in [1.807, 2.05) is 6.92 Å². The van der Waals surface area contributed by atoms with E-state index >= 15 is 0 Å². The molecule has 2 rings (SSSR count). The predicted molar refractivity (Wildman–Crippen MR) is 71.6 cm³/mol. The number of hydrogen-bond donors (Lipinski definition) is 1. The fraction of sp³-hybridized carbons (Fsp3) is 0.231. The van der Waals surface area contributed by atoms with Gasteiger partial charge < -0.3 is 5.32 Å². The van der Waals surface area contributed by atoms with Gasteiger partial charge in [0.2, 0.25) is 0 Å². The molecule has 0 amide bonds. The largest absolute Gasteiger partial charge is 0.306 e. The van der Waals surface area contributed by atoms with E-state index in [2.05, 4.69) is 31.4 Å². The van der Waals surface area contributed by atoms with Gasteiger partial charge in [-0.2, -0.15) is 10.2 Å². The van der Waals surface area contributed by atoms with Crippen LogP contribution in [-0.4, -0.2) is 16.7 Å². The number of nitrogens with zero attached hydrogens (tertiary/aromatic N) is 2. The first-order valence-electron chi connectivity index (χ1n) is 5.78. The summed E-state index contributed by atoms with van der Waals surface area (Å²) in [5.74, 6) is -1.20. The second-order valence-electron chi connectivity index (χ2n) is 3.92. The molecule has 0 aliphatic heterocycles. The molecule has 100 valence electrons. The molecule has 19 heavy (non-hydrogen) atoms. The Hall–Kier alpha value is -1.40. The molecule has 0 bridgehead atoms. The van der Waals surface area contributed by atoms with Crippen LogP contribution in [0.15, 0.2) is 35.1 Å². The standard InChI is InChI=1S/C13H12BrF2N3/c1-2-17-13(8-5-6-18-19-7-8)11-10(15)4-3-9(14)12(11)16/h3-7,13,17H,2H2,1H3. The van der Waals surface area contributed by atoms with Crippen LogP contribution in [0.4, 0.5) is 8.78 Å². The van der Waals surface area contributed by atoms with E-state index in [0.29, 0.717) is 12.1 Å². The zero-order valence-electron chi connectivity index (χ0n) is 10.2. The monoisotopic (exact) mass is 327 g/mol. The van der Waals surface area contributed by atoms with Crippen LogP contribution in [-0.2, 0) is 0 Å². The van der Waals surface area contributed by atoms with Gasteiger partial charge in [0.15, 0.2) is 0 Å². The molecule has 1 N–H and O–H groups in total.